The van der Waals surface area contributed by atoms with Crippen molar-refractivity contribution in [2.75, 3.05) is 0 Å². The van der Waals surface area contributed by atoms with E-state index in [-0.39, 0.29) is 6.04 Å². The Balaban J connectivity index is 1.16. The van der Waals surface area contributed by atoms with Crippen LogP contribution in [0.15, 0.2) is 182 Å². The summed E-state index contributed by atoms with van der Waals surface area (Å²) in [4.78, 5) is 9.47. The molecule has 232 valence electrons. The maximum atomic E-state index is 4.75. The molecule has 0 spiro atoms. The first-order valence-electron chi connectivity index (χ1n) is 16.6. The first-order chi connectivity index (χ1) is 24.3. The molecular formula is C45H32N4. The maximum Gasteiger partial charge on any atom is 0.0963 e. The second kappa shape index (κ2) is 12.3. The molecule has 8 aromatic rings. The number of para-hydroxylation sites is 1. The lowest BCUT2D eigenvalue weighted by Gasteiger charge is -2.25. The Labute approximate surface area is 285 Å². The molecule has 1 atom stereocenters. The van der Waals surface area contributed by atoms with Crippen molar-refractivity contribution in [3.63, 3.8) is 0 Å². The van der Waals surface area contributed by atoms with E-state index in [1.807, 2.05) is 24.5 Å². The number of dihydropyridines is 1. The van der Waals surface area contributed by atoms with Gasteiger partial charge < -0.3 is 9.88 Å². The molecular weight excluding hydrogens is 597 g/mol. The van der Waals surface area contributed by atoms with Gasteiger partial charge in [0.1, 0.15) is 0 Å². The maximum absolute atomic E-state index is 4.75. The van der Waals surface area contributed by atoms with E-state index in [2.05, 4.69) is 168 Å². The molecule has 0 fully saturated rings. The van der Waals surface area contributed by atoms with Crippen LogP contribution in [0.4, 0.5) is 0 Å². The average molecular weight is 629 g/mol. The van der Waals surface area contributed by atoms with Crippen molar-refractivity contribution in [1.82, 2.24) is 19.9 Å². The van der Waals surface area contributed by atoms with Crippen LogP contribution in [-0.2, 0) is 0 Å². The standard InChI is InChI=1S/C45H32N4/c1-3-12-31(13-4-1)34-26-35(32-14-5-2-6-15-32)28-36(27-34)37-29-41(48-42(30-37)40-17-9-10-24-46-40)33-20-22-38(23-21-33)49-43-18-8-7-16-39(43)45-44(49)19-11-25-47-45/h1-30,42,48H. The minimum Gasteiger partial charge on any atom is -0.373 e. The molecule has 1 unspecified atom stereocenters. The molecule has 0 radical (unpaired) electrons. The summed E-state index contributed by atoms with van der Waals surface area (Å²) in [7, 11) is 0. The summed E-state index contributed by atoms with van der Waals surface area (Å²) in [5, 5.41) is 4.95. The van der Waals surface area contributed by atoms with E-state index in [1.165, 1.54) is 22.3 Å². The number of hydrogen-bond acceptors (Lipinski definition) is 3. The Kier molecular flexibility index (Phi) is 7.17. The molecule has 1 aliphatic rings. The Hall–Kier alpha value is -6.52. The molecule has 4 heterocycles. The topological polar surface area (TPSA) is 42.7 Å². The van der Waals surface area contributed by atoms with Crippen LogP contribution in [0.25, 0.3) is 61.1 Å². The lowest BCUT2D eigenvalue weighted by molar-refractivity contribution is 0.739. The number of pyridine rings is 2. The minimum absolute atomic E-state index is 0.0974. The summed E-state index contributed by atoms with van der Waals surface area (Å²) in [5.41, 5.74) is 14.6. The molecule has 5 aromatic carbocycles. The van der Waals surface area contributed by atoms with E-state index in [9.17, 15) is 0 Å². The lowest BCUT2D eigenvalue weighted by atomic mass is 9.90. The van der Waals surface area contributed by atoms with E-state index >= 15 is 0 Å². The Morgan fingerprint density at radius 1 is 0.490 bits per heavy atom. The van der Waals surface area contributed by atoms with Gasteiger partial charge in [0.05, 0.1) is 28.3 Å². The summed E-state index contributed by atoms with van der Waals surface area (Å²) in [6.07, 6.45) is 8.30. The van der Waals surface area contributed by atoms with E-state index in [0.717, 1.165) is 55.7 Å². The first kappa shape index (κ1) is 28.7. The van der Waals surface area contributed by atoms with E-state index in [0.29, 0.717) is 0 Å². The predicted molar refractivity (Wildman–Crippen MR) is 202 cm³/mol. The highest BCUT2D eigenvalue weighted by Crippen LogP contribution is 2.37. The van der Waals surface area contributed by atoms with Gasteiger partial charge in [0.2, 0.25) is 0 Å². The van der Waals surface area contributed by atoms with Crippen LogP contribution in [0.3, 0.4) is 0 Å². The van der Waals surface area contributed by atoms with Gasteiger partial charge >= 0.3 is 0 Å². The Morgan fingerprint density at radius 3 is 1.84 bits per heavy atom. The van der Waals surface area contributed by atoms with Crippen LogP contribution in [0.1, 0.15) is 22.9 Å². The van der Waals surface area contributed by atoms with Gasteiger partial charge in [-0.15, -0.1) is 0 Å². The number of hydrogen-bond donors (Lipinski definition) is 1. The van der Waals surface area contributed by atoms with Gasteiger partial charge in [-0.1, -0.05) is 97.1 Å². The van der Waals surface area contributed by atoms with Gasteiger partial charge in [0, 0.05) is 29.2 Å². The summed E-state index contributed by atoms with van der Waals surface area (Å²) in [6, 6.07) is 55.6. The fourth-order valence-corrected chi connectivity index (χ4v) is 6.94. The molecule has 0 saturated heterocycles. The van der Waals surface area contributed by atoms with Crippen molar-refractivity contribution in [3.8, 4) is 27.9 Å². The van der Waals surface area contributed by atoms with Crippen LogP contribution in [0.5, 0.6) is 0 Å². The van der Waals surface area contributed by atoms with Gasteiger partial charge in [0.15, 0.2) is 0 Å². The average Bonchev–Trinajstić information content (AvgIpc) is 3.53. The van der Waals surface area contributed by atoms with Gasteiger partial charge in [0.25, 0.3) is 0 Å². The molecule has 4 heteroatoms. The highest BCUT2D eigenvalue weighted by atomic mass is 15.0. The lowest BCUT2D eigenvalue weighted by Crippen LogP contribution is -2.22. The molecule has 3 aromatic heterocycles. The fraction of sp³-hybridized carbons (Fsp3) is 0.0222. The third-order valence-corrected chi connectivity index (χ3v) is 9.31. The normalized spacial score (nSPS) is 14.3. The number of allylic oxidation sites excluding steroid dienone is 2. The van der Waals surface area contributed by atoms with Crippen LogP contribution < -0.4 is 5.32 Å². The largest absolute Gasteiger partial charge is 0.373 e. The number of nitrogens with one attached hydrogen (secondary N) is 1. The summed E-state index contributed by atoms with van der Waals surface area (Å²) >= 11 is 0. The predicted octanol–water partition coefficient (Wildman–Crippen LogP) is 10.7. The number of rotatable bonds is 6. The van der Waals surface area contributed by atoms with Crippen LogP contribution >= 0.6 is 0 Å². The van der Waals surface area contributed by atoms with Gasteiger partial charge in [-0.2, -0.15) is 0 Å². The zero-order chi connectivity index (χ0) is 32.6. The fourth-order valence-electron chi connectivity index (χ4n) is 6.94. The van der Waals surface area contributed by atoms with Crippen molar-refractivity contribution in [3.05, 3.63) is 199 Å². The number of aromatic nitrogens is 3. The van der Waals surface area contributed by atoms with Crippen molar-refractivity contribution < 1.29 is 0 Å². The van der Waals surface area contributed by atoms with E-state index in [1.54, 1.807) is 0 Å². The zero-order valence-electron chi connectivity index (χ0n) is 26.7. The van der Waals surface area contributed by atoms with Crippen molar-refractivity contribution in [2.24, 2.45) is 0 Å². The zero-order valence-corrected chi connectivity index (χ0v) is 26.7. The molecule has 0 saturated carbocycles. The molecule has 4 nitrogen and oxygen atoms in total. The SMILES string of the molecule is C1=C(c2cc(-c3ccccc3)cc(-c3ccccc3)c2)C=C(c2ccc(-n3c4ccccc4c4ncccc43)cc2)NC1c1ccccn1. The second-order valence-corrected chi connectivity index (χ2v) is 12.4. The third kappa shape index (κ3) is 5.39. The summed E-state index contributed by atoms with van der Waals surface area (Å²) < 4.78 is 2.30. The minimum atomic E-state index is -0.0974. The molecule has 0 aliphatic carbocycles. The Morgan fingerprint density at radius 2 is 1.12 bits per heavy atom. The Bertz CT molecular complexity index is 2380. The molecule has 1 aliphatic heterocycles. The van der Waals surface area contributed by atoms with Crippen LogP contribution in [-0.4, -0.2) is 14.5 Å². The summed E-state index contributed by atoms with van der Waals surface area (Å²) in [5.74, 6) is 0. The van der Waals surface area contributed by atoms with Crippen molar-refractivity contribution in [2.45, 2.75) is 6.04 Å². The highest BCUT2D eigenvalue weighted by molar-refractivity contribution is 6.07. The number of fused-ring (bicyclic) bond motifs is 3. The van der Waals surface area contributed by atoms with Crippen molar-refractivity contribution >= 4 is 33.2 Å². The van der Waals surface area contributed by atoms with E-state index in [4.69, 9.17) is 9.97 Å². The highest BCUT2D eigenvalue weighted by Gasteiger charge is 2.21. The monoisotopic (exact) mass is 628 g/mol. The number of benzene rings is 5. The van der Waals surface area contributed by atoms with Gasteiger partial charge in [-0.05, 0) is 112 Å². The van der Waals surface area contributed by atoms with Gasteiger partial charge in [-0.25, -0.2) is 0 Å². The van der Waals surface area contributed by atoms with Gasteiger partial charge in [-0.3, -0.25) is 9.97 Å². The van der Waals surface area contributed by atoms with E-state index < -0.39 is 0 Å². The smallest absolute Gasteiger partial charge is 0.0963 e. The van der Waals surface area contributed by atoms with Crippen LogP contribution in [0, 0.1) is 0 Å². The first-order valence-corrected chi connectivity index (χ1v) is 16.6. The third-order valence-electron chi connectivity index (χ3n) is 9.31. The molecule has 1 N–H and O–H groups in total. The second-order valence-electron chi connectivity index (χ2n) is 12.4. The summed E-state index contributed by atoms with van der Waals surface area (Å²) in [6.45, 7) is 0. The number of nitrogens with zero attached hydrogens (tertiary/aromatic N) is 3. The van der Waals surface area contributed by atoms with Crippen LogP contribution in [0.2, 0.25) is 0 Å². The molecule has 0 amide bonds. The molecule has 49 heavy (non-hydrogen) atoms. The van der Waals surface area contributed by atoms with Crippen molar-refractivity contribution in [1.29, 1.82) is 0 Å². The quantitative estimate of drug-likeness (QED) is 0.199. The molecule has 0 bridgehead atoms. The molecule has 9 rings (SSSR count).